The highest BCUT2D eigenvalue weighted by molar-refractivity contribution is 6.03. The van der Waals surface area contributed by atoms with Gasteiger partial charge in [0.25, 0.3) is 5.91 Å². The number of para-hydroxylation sites is 1. The lowest BCUT2D eigenvalue weighted by atomic mass is 9.95. The average molecular weight is 514 g/mol. The Hall–Kier alpha value is -4.27. The number of fused-ring (bicyclic) bond motifs is 1. The molecule has 1 atom stereocenters. The number of rotatable bonds is 8. The van der Waals surface area contributed by atoms with Gasteiger partial charge in [0.15, 0.2) is 11.8 Å². The molecule has 1 aliphatic rings. The zero-order valence-corrected chi connectivity index (χ0v) is 21.6. The second-order valence-electron chi connectivity index (χ2n) is 9.80. The van der Waals surface area contributed by atoms with E-state index in [-0.39, 0.29) is 30.2 Å². The molecule has 0 saturated heterocycles. The van der Waals surface area contributed by atoms with Crippen LogP contribution in [0.3, 0.4) is 0 Å². The zero-order valence-electron chi connectivity index (χ0n) is 21.6. The Morgan fingerprint density at radius 3 is 2.58 bits per heavy atom. The predicted molar refractivity (Wildman–Crippen MR) is 143 cm³/mol. The van der Waals surface area contributed by atoms with Gasteiger partial charge in [0.1, 0.15) is 23.6 Å². The van der Waals surface area contributed by atoms with E-state index in [1.54, 1.807) is 43.3 Å². The first-order valence-corrected chi connectivity index (χ1v) is 13.0. The molecule has 2 amide bonds. The Kier molecular flexibility index (Phi) is 7.35. The fourth-order valence-electron chi connectivity index (χ4n) is 5.05. The SMILES string of the molecule is CC(=O)c1cccc(N(C(=O)Cn2nnc3ccccc32)C(C(=O)NC2CCCCC2)c2ccc(C)o2)c1. The molecule has 196 valence electrons. The maximum atomic E-state index is 14.1. The number of hydrogen-bond acceptors (Lipinski definition) is 6. The van der Waals surface area contributed by atoms with E-state index in [0.29, 0.717) is 33.8 Å². The van der Waals surface area contributed by atoms with Crippen molar-refractivity contribution in [3.05, 3.63) is 77.7 Å². The topological polar surface area (TPSA) is 110 Å². The third kappa shape index (κ3) is 5.37. The summed E-state index contributed by atoms with van der Waals surface area (Å²) in [5.74, 6) is 0.123. The number of nitrogens with zero attached hydrogens (tertiary/aromatic N) is 4. The lowest BCUT2D eigenvalue weighted by Gasteiger charge is -2.32. The lowest BCUT2D eigenvalue weighted by Crippen LogP contribution is -2.48. The second kappa shape index (κ2) is 11.0. The zero-order chi connectivity index (χ0) is 26.6. The van der Waals surface area contributed by atoms with Crippen LogP contribution in [0.2, 0.25) is 0 Å². The van der Waals surface area contributed by atoms with Gasteiger partial charge in [0, 0.05) is 17.3 Å². The fraction of sp³-hybridized carbons (Fsp3) is 0.345. The minimum Gasteiger partial charge on any atom is -0.464 e. The van der Waals surface area contributed by atoms with Crippen molar-refractivity contribution in [3.63, 3.8) is 0 Å². The summed E-state index contributed by atoms with van der Waals surface area (Å²) < 4.78 is 7.45. The van der Waals surface area contributed by atoms with Gasteiger partial charge in [-0.1, -0.05) is 48.7 Å². The summed E-state index contributed by atoms with van der Waals surface area (Å²) in [6.07, 6.45) is 5.06. The van der Waals surface area contributed by atoms with Crippen LogP contribution in [0.15, 0.2) is 65.1 Å². The molecular weight excluding hydrogens is 482 g/mol. The van der Waals surface area contributed by atoms with Crippen LogP contribution < -0.4 is 10.2 Å². The van der Waals surface area contributed by atoms with Crippen LogP contribution in [-0.2, 0) is 16.1 Å². The summed E-state index contributed by atoms with van der Waals surface area (Å²) in [6.45, 7) is 3.11. The fourth-order valence-corrected chi connectivity index (χ4v) is 5.05. The Labute approximate surface area is 220 Å². The molecule has 2 aromatic carbocycles. The molecule has 1 N–H and O–H groups in total. The van der Waals surface area contributed by atoms with Crippen molar-refractivity contribution in [3.8, 4) is 0 Å². The summed E-state index contributed by atoms with van der Waals surface area (Å²) in [5, 5.41) is 11.5. The monoisotopic (exact) mass is 513 g/mol. The number of carbonyl (C=O) groups excluding carboxylic acids is 3. The highest BCUT2D eigenvalue weighted by atomic mass is 16.3. The lowest BCUT2D eigenvalue weighted by molar-refractivity contribution is -0.128. The average Bonchev–Trinajstić information content (AvgIpc) is 3.53. The number of nitrogens with one attached hydrogen (secondary N) is 1. The Balaban J connectivity index is 1.57. The molecule has 1 aliphatic carbocycles. The molecule has 0 aliphatic heterocycles. The smallest absolute Gasteiger partial charge is 0.251 e. The van der Waals surface area contributed by atoms with Crippen molar-refractivity contribution >= 4 is 34.3 Å². The van der Waals surface area contributed by atoms with E-state index in [2.05, 4.69) is 15.6 Å². The van der Waals surface area contributed by atoms with Crippen molar-refractivity contribution < 1.29 is 18.8 Å². The third-order valence-electron chi connectivity index (χ3n) is 6.99. The second-order valence-corrected chi connectivity index (χ2v) is 9.80. The first-order valence-electron chi connectivity index (χ1n) is 13.0. The van der Waals surface area contributed by atoms with Gasteiger partial charge in [0.05, 0.1) is 5.52 Å². The molecule has 1 saturated carbocycles. The number of amides is 2. The minimum atomic E-state index is -1.07. The largest absolute Gasteiger partial charge is 0.464 e. The van der Waals surface area contributed by atoms with E-state index in [4.69, 9.17) is 4.42 Å². The van der Waals surface area contributed by atoms with E-state index in [1.165, 1.54) is 16.5 Å². The number of aromatic nitrogens is 3. The third-order valence-corrected chi connectivity index (χ3v) is 6.99. The van der Waals surface area contributed by atoms with Crippen LogP contribution in [0.25, 0.3) is 11.0 Å². The van der Waals surface area contributed by atoms with Gasteiger partial charge < -0.3 is 9.73 Å². The van der Waals surface area contributed by atoms with Gasteiger partial charge in [-0.3, -0.25) is 19.3 Å². The van der Waals surface area contributed by atoms with Crippen molar-refractivity contribution in [2.75, 3.05) is 4.90 Å². The quantitative estimate of drug-likeness (QED) is 0.340. The van der Waals surface area contributed by atoms with Crippen molar-refractivity contribution in [2.24, 2.45) is 0 Å². The highest BCUT2D eigenvalue weighted by Crippen LogP contribution is 2.31. The minimum absolute atomic E-state index is 0.0366. The summed E-state index contributed by atoms with van der Waals surface area (Å²) in [6, 6.07) is 16.6. The predicted octanol–water partition coefficient (Wildman–Crippen LogP) is 4.76. The van der Waals surface area contributed by atoms with Gasteiger partial charge in [-0.2, -0.15) is 0 Å². The molecule has 0 radical (unpaired) electrons. The van der Waals surface area contributed by atoms with Gasteiger partial charge in [0.2, 0.25) is 5.91 Å². The number of anilines is 1. The number of furan rings is 1. The van der Waals surface area contributed by atoms with Crippen molar-refractivity contribution in [1.82, 2.24) is 20.3 Å². The van der Waals surface area contributed by atoms with Crippen LogP contribution in [0.1, 0.15) is 66.9 Å². The van der Waals surface area contributed by atoms with Crippen LogP contribution >= 0.6 is 0 Å². The maximum Gasteiger partial charge on any atom is 0.251 e. The van der Waals surface area contributed by atoms with Crippen LogP contribution in [-0.4, -0.2) is 38.6 Å². The molecule has 9 nitrogen and oxygen atoms in total. The van der Waals surface area contributed by atoms with E-state index in [9.17, 15) is 14.4 Å². The molecule has 0 bridgehead atoms. The number of benzene rings is 2. The number of hydrogen-bond donors (Lipinski definition) is 1. The van der Waals surface area contributed by atoms with Crippen LogP contribution in [0.4, 0.5) is 5.69 Å². The molecule has 0 spiro atoms. The standard InChI is InChI=1S/C29H31N5O4/c1-19-15-16-26(38-19)28(29(37)30-22-10-4-3-5-11-22)34(23-12-8-9-21(17-23)20(2)35)27(36)18-33-25-14-7-6-13-24(25)31-32-33/h6-9,12-17,22,28H,3-5,10-11,18H2,1-2H3,(H,30,37). The molecule has 1 fully saturated rings. The Morgan fingerprint density at radius 1 is 1.05 bits per heavy atom. The van der Waals surface area contributed by atoms with Crippen molar-refractivity contribution in [2.45, 2.75) is 64.6 Å². The first kappa shape index (κ1) is 25.4. The molecular formula is C29H31N5O4. The highest BCUT2D eigenvalue weighted by Gasteiger charge is 2.36. The molecule has 9 heteroatoms. The summed E-state index contributed by atoms with van der Waals surface area (Å²) in [4.78, 5) is 41.6. The van der Waals surface area contributed by atoms with Crippen LogP contribution in [0, 0.1) is 6.92 Å². The molecule has 5 rings (SSSR count). The van der Waals surface area contributed by atoms with E-state index in [0.717, 1.165) is 32.1 Å². The number of carbonyl (C=O) groups is 3. The van der Waals surface area contributed by atoms with E-state index < -0.39 is 6.04 Å². The first-order chi connectivity index (χ1) is 18.4. The molecule has 38 heavy (non-hydrogen) atoms. The van der Waals surface area contributed by atoms with Gasteiger partial charge in [-0.25, -0.2) is 4.68 Å². The van der Waals surface area contributed by atoms with E-state index in [1.807, 2.05) is 24.3 Å². The summed E-state index contributed by atoms with van der Waals surface area (Å²) >= 11 is 0. The Bertz CT molecular complexity index is 1470. The summed E-state index contributed by atoms with van der Waals surface area (Å²) in [7, 11) is 0. The Morgan fingerprint density at radius 2 is 1.84 bits per heavy atom. The van der Waals surface area contributed by atoms with Gasteiger partial charge >= 0.3 is 0 Å². The molecule has 4 aromatic rings. The number of Topliss-reactive ketones (excluding diaryl/α,β-unsaturated/α-hetero) is 1. The van der Waals surface area contributed by atoms with E-state index >= 15 is 0 Å². The van der Waals surface area contributed by atoms with Gasteiger partial charge in [-0.05, 0) is 63.1 Å². The normalized spacial score (nSPS) is 14.8. The molecule has 2 heterocycles. The van der Waals surface area contributed by atoms with Crippen molar-refractivity contribution in [1.29, 1.82) is 0 Å². The number of ketones is 1. The van der Waals surface area contributed by atoms with Gasteiger partial charge in [-0.15, -0.1) is 5.10 Å². The maximum absolute atomic E-state index is 14.1. The number of aryl methyl sites for hydroxylation is 1. The molecule has 2 aromatic heterocycles. The summed E-state index contributed by atoms with van der Waals surface area (Å²) in [5.41, 5.74) is 2.23. The van der Waals surface area contributed by atoms with Crippen LogP contribution in [0.5, 0.6) is 0 Å². The molecule has 1 unspecified atom stereocenters.